The number of guanidine groups is 1. The van der Waals surface area contributed by atoms with E-state index in [1.807, 2.05) is 44.2 Å². The third-order valence-electron chi connectivity index (χ3n) is 2.06. The molecule has 0 heterocycles. The molecule has 1 aromatic rings. The summed E-state index contributed by atoms with van der Waals surface area (Å²) in [5, 5.41) is 12.8. The summed E-state index contributed by atoms with van der Waals surface area (Å²) in [6.45, 7) is 4.24. The molecule has 4 heteroatoms. The standard InChI is InChI=1S/C12H19N3O/c1-9(2)15-12(13)14-8-11(16)10-6-4-3-5-7-10/h3-7,9,11,16H,8H2,1-2H3,(H3,13,14,15). The number of hydrogen-bond acceptors (Lipinski definition) is 2. The van der Waals surface area contributed by atoms with Crippen molar-refractivity contribution in [1.82, 2.24) is 5.32 Å². The van der Waals surface area contributed by atoms with Gasteiger partial charge in [-0.05, 0) is 19.4 Å². The molecule has 0 saturated carbocycles. The largest absolute Gasteiger partial charge is 0.386 e. The lowest BCUT2D eigenvalue weighted by Gasteiger charge is -2.11. The lowest BCUT2D eigenvalue weighted by atomic mass is 10.1. The molecule has 16 heavy (non-hydrogen) atoms. The van der Waals surface area contributed by atoms with E-state index < -0.39 is 6.10 Å². The molecule has 1 unspecified atom stereocenters. The number of aliphatic hydroxyl groups is 1. The molecule has 88 valence electrons. The van der Waals surface area contributed by atoms with E-state index >= 15 is 0 Å². The first-order valence-corrected chi connectivity index (χ1v) is 5.39. The fourth-order valence-electron chi connectivity index (χ4n) is 1.31. The van der Waals surface area contributed by atoms with Gasteiger partial charge in [0.1, 0.15) is 0 Å². The lowest BCUT2D eigenvalue weighted by molar-refractivity contribution is 0.187. The Morgan fingerprint density at radius 2 is 2.00 bits per heavy atom. The van der Waals surface area contributed by atoms with Crippen LogP contribution in [0.25, 0.3) is 0 Å². The van der Waals surface area contributed by atoms with Crippen LogP contribution in [0.3, 0.4) is 0 Å². The monoisotopic (exact) mass is 221 g/mol. The molecule has 0 saturated heterocycles. The average Bonchev–Trinajstić information content (AvgIpc) is 2.26. The smallest absolute Gasteiger partial charge is 0.188 e. The van der Waals surface area contributed by atoms with Crippen LogP contribution in [0, 0.1) is 0 Å². The van der Waals surface area contributed by atoms with E-state index in [9.17, 15) is 5.11 Å². The van der Waals surface area contributed by atoms with Gasteiger partial charge in [-0.3, -0.25) is 4.99 Å². The molecule has 0 aromatic heterocycles. The van der Waals surface area contributed by atoms with Gasteiger partial charge < -0.3 is 16.2 Å². The van der Waals surface area contributed by atoms with E-state index in [1.165, 1.54) is 0 Å². The van der Waals surface area contributed by atoms with Crippen molar-refractivity contribution in [3.63, 3.8) is 0 Å². The number of hydrogen-bond donors (Lipinski definition) is 3. The van der Waals surface area contributed by atoms with Crippen LogP contribution < -0.4 is 11.1 Å². The van der Waals surface area contributed by atoms with Crippen LogP contribution >= 0.6 is 0 Å². The molecule has 0 amide bonds. The quantitative estimate of drug-likeness (QED) is 0.525. The Hall–Kier alpha value is -1.55. The summed E-state index contributed by atoms with van der Waals surface area (Å²) in [6.07, 6.45) is -0.603. The summed E-state index contributed by atoms with van der Waals surface area (Å²) in [6, 6.07) is 9.67. The molecule has 4 N–H and O–H groups in total. The molecule has 1 aromatic carbocycles. The van der Waals surface area contributed by atoms with Gasteiger partial charge in [-0.25, -0.2) is 0 Å². The SMILES string of the molecule is CC(C)NC(N)=NCC(O)c1ccccc1. The van der Waals surface area contributed by atoms with Crippen LogP contribution in [-0.4, -0.2) is 23.7 Å². The predicted octanol–water partition coefficient (Wildman–Crippen LogP) is 1.03. The van der Waals surface area contributed by atoms with Gasteiger partial charge >= 0.3 is 0 Å². The summed E-state index contributed by atoms with van der Waals surface area (Å²) in [5.41, 5.74) is 6.48. The van der Waals surface area contributed by atoms with E-state index in [4.69, 9.17) is 5.73 Å². The Morgan fingerprint density at radius 1 is 1.38 bits per heavy atom. The van der Waals surface area contributed by atoms with Crippen LogP contribution in [0.5, 0.6) is 0 Å². The van der Waals surface area contributed by atoms with Crippen molar-refractivity contribution in [1.29, 1.82) is 0 Å². The van der Waals surface area contributed by atoms with Gasteiger partial charge in [0, 0.05) is 6.04 Å². The van der Waals surface area contributed by atoms with E-state index in [2.05, 4.69) is 10.3 Å². The summed E-state index contributed by atoms with van der Waals surface area (Å²) < 4.78 is 0. The minimum atomic E-state index is -0.603. The Kier molecular flexibility index (Phi) is 4.79. The Labute approximate surface area is 96.2 Å². The molecular formula is C12H19N3O. The number of aliphatic hydroxyl groups excluding tert-OH is 1. The number of benzene rings is 1. The Balaban J connectivity index is 2.49. The van der Waals surface area contributed by atoms with Crippen molar-refractivity contribution in [2.24, 2.45) is 10.7 Å². The molecule has 0 aliphatic rings. The highest BCUT2D eigenvalue weighted by molar-refractivity contribution is 5.78. The topological polar surface area (TPSA) is 70.6 Å². The Morgan fingerprint density at radius 3 is 2.56 bits per heavy atom. The summed E-state index contributed by atoms with van der Waals surface area (Å²) >= 11 is 0. The zero-order valence-corrected chi connectivity index (χ0v) is 9.72. The highest BCUT2D eigenvalue weighted by atomic mass is 16.3. The second-order valence-corrected chi connectivity index (χ2v) is 3.95. The molecule has 4 nitrogen and oxygen atoms in total. The van der Waals surface area contributed by atoms with Gasteiger partial charge in [0.25, 0.3) is 0 Å². The molecule has 1 atom stereocenters. The third kappa shape index (κ3) is 4.31. The normalized spacial score (nSPS) is 13.9. The first kappa shape index (κ1) is 12.5. The maximum absolute atomic E-state index is 9.81. The average molecular weight is 221 g/mol. The van der Waals surface area contributed by atoms with Gasteiger partial charge in [-0.2, -0.15) is 0 Å². The van der Waals surface area contributed by atoms with Crippen LogP contribution in [0.2, 0.25) is 0 Å². The predicted molar refractivity (Wildman–Crippen MR) is 66.2 cm³/mol. The number of nitrogens with two attached hydrogens (primary N) is 1. The van der Waals surface area contributed by atoms with Crippen molar-refractivity contribution in [3.05, 3.63) is 35.9 Å². The molecular weight excluding hydrogens is 202 g/mol. The van der Waals surface area contributed by atoms with Crippen molar-refractivity contribution in [3.8, 4) is 0 Å². The molecule has 0 radical (unpaired) electrons. The summed E-state index contributed by atoms with van der Waals surface area (Å²) in [7, 11) is 0. The third-order valence-corrected chi connectivity index (χ3v) is 2.06. The minimum absolute atomic E-state index is 0.248. The number of aliphatic imine (C=N–C) groups is 1. The van der Waals surface area contributed by atoms with E-state index in [0.717, 1.165) is 5.56 Å². The van der Waals surface area contributed by atoms with E-state index in [-0.39, 0.29) is 12.6 Å². The number of nitrogens with one attached hydrogen (secondary N) is 1. The van der Waals surface area contributed by atoms with Gasteiger partial charge in [0.05, 0.1) is 12.6 Å². The molecule has 0 spiro atoms. The second kappa shape index (κ2) is 6.12. The molecule has 0 aliphatic heterocycles. The van der Waals surface area contributed by atoms with Crippen molar-refractivity contribution in [2.75, 3.05) is 6.54 Å². The highest BCUT2D eigenvalue weighted by Crippen LogP contribution is 2.11. The first-order chi connectivity index (χ1) is 7.59. The van der Waals surface area contributed by atoms with Gasteiger partial charge in [0.2, 0.25) is 0 Å². The Bertz CT molecular complexity index is 335. The van der Waals surface area contributed by atoms with Crippen molar-refractivity contribution >= 4 is 5.96 Å². The maximum Gasteiger partial charge on any atom is 0.188 e. The molecule has 0 aliphatic carbocycles. The molecule has 0 fully saturated rings. The zero-order chi connectivity index (χ0) is 12.0. The van der Waals surface area contributed by atoms with Crippen molar-refractivity contribution < 1.29 is 5.11 Å². The van der Waals surface area contributed by atoms with E-state index in [0.29, 0.717) is 5.96 Å². The fourth-order valence-corrected chi connectivity index (χ4v) is 1.31. The number of rotatable bonds is 4. The summed E-state index contributed by atoms with van der Waals surface area (Å²) in [4.78, 5) is 4.07. The van der Waals surface area contributed by atoms with Crippen LogP contribution in [0.15, 0.2) is 35.3 Å². The van der Waals surface area contributed by atoms with Crippen LogP contribution in [-0.2, 0) is 0 Å². The first-order valence-electron chi connectivity index (χ1n) is 5.39. The maximum atomic E-state index is 9.81. The fraction of sp³-hybridized carbons (Fsp3) is 0.417. The highest BCUT2D eigenvalue weighted by Gasteiger charge is 2.05. The van der Waals surface area contributed by atoms with E-state index in [1.54, 1.807) is 0 Å². The zero-order valence-electron chi connectivity index (χ0n) is 9.72. The van der Waals surface area contributed by atoms with Gasteiger partial charge in [-0.15, -0.1) is 0 Å². The second-order valence-electron chi connectivity index (χ2n) is 3.95. The van der Waals surface area contributed by atoms with Crippen molar-refractivity contribution in [2.45, 2.75) is 26.0 Å². The van der Waals surface area contributed by atoms with Gasteiger partial charge in [0.15, 0.2) is 5.96 Å². The van der Waals surface area contributed by atoms with Crippen LogP contribution in [0.1, 0.15) is 25.5 Å². The molecule has 1 rings (SSSR count). The van der Waals surface area contributed by atoms with Gasteiger partial charge in [-0.1, -0.05) is 30.3 Å². The minimum Gasteiger partial charge on any atom is -0.386 e. The lowest BCUT2D eigenvalue weighted by Crippen LogP contribution is -2.37. The summed E-state index contributed by atoms with van der Waals surface area (Å²) in [5.74, 6) is 0.366. The molecule has 0 bridgehead atoms. The number of nitrogens with zero attached hydrogens (tertiary/aromatic N) is 1. The van der Waals surface area contributed by atoms with Crippen LogP contribution in [0.4, 0.5) is 0 Å².